The zero-order valence-corrected chi connectivity index (χ0v) is 24.5. The maximum absolute atomic E-state index is 13.2. The van der Waals surface area contributed by atoms with Crippen molar-refractivity contribution in [1.82, 2.24) is 4.90 Å². The minimum atomic E-state index is -1.12. The number of aryl methyl sites for hydroxylation is 1. The van der Waals surface area contributed by atoms with Crippen LogP contribution in [0.15, 0.2) is 72.8 Å². The molecule has 1 saturated heterocycles. The Morgan fingerprint density at radius 3 is 2.12 bits per heavy atom. The number of rotatable bonds is 17. The van der Waals surface area contributed by atoms with Crippen molar-refractivity contribution < 1.29 is 38.4 Å². The number of carboxylic acids is 1. The molecular formula is C34H39NO8. The van der Waals surface area contributed by atoms with Crippen molar-refractivity contribution in [1.29, 1.82) is 0 Å². The van der Waals surface area contributed by atoms with E-state index >= 15 is 0 Å². The number of nitrogens with zero attached hydrogens (tertiary/aromatic N) is 1. The monoisotopic (exact) mass is 589 g/mol. The fourth-order valence-electron chi connectivity index (χ4n) is 4.76. The Morgan fingerprint density at radius 1 is 0.814 bits per heavy atom. The molecule has 43 heavy (non-hydrogen) atoms. The van der Waals surface area contributed by atoms with Crippen LogP contribution in [0, 0.1) is 5.92 Å². The topological polar surface area (TPSA) is 112 Å². The number of ether oxygens (including phenoxy) is 4. The lowest BCUT2D eigenvalue weighted by molar-refractivity contribution is -0.145. The highest BCUT2D eigenvalue weighted by molar-refractivity contribution is 6.00. The molecule has 0 aromatic heterocycles. The van der Waals surface area contributed by atoms with Gasteiger partial charge in [-0.05, 0) is 80.6 Å². The molecule has 9 nitrogen and oxygen atoms in total. The average Bonchev–Trinajstić information content (AvgIpc) is 2.99. The van der Waals surface area contributed by atoms with Crippen LogP contribution in [0.5, 0.6) is 17.2 Å². The van der Waals surface area contributed by atoms with Crippen LogP contribution >= 0.6 is 0 Å². The van der Waals surface area contributed by atoms with Gasteiger partial charge in [0.15, 0.2) is 0 Å². The van der Waals surface area contributed by atoms with Gasteiger partial charge in [-0.3, -0.25) is 9.59 Å². The first-order valence-electron chi connectivity index (χ1n) is 14.8. The summed E-state index contributed by atoms with van der Waals surface area (Å²) < 4.78 is 22.5. The summed E-state index contributed by atoms with van der Waals surface area (Å²) in [6, 6.07) is 22.1. The molecule has 0 radical (unpaired) electrons. The molecule has 3 aromatic carbocycles. The van der Waals surface area contributed by atoms with E-state index in [9.17, 15) is 19.5 Å². The largest absolute Gasteiger partial charge is 0.494 e. The fourth-order valence-corrected chi connectivity index (χ4v) is 4.76. The zero-order valence-electron chi connectivity index (χ0n) is 24.5. The molecule has 1 amide bonds. The Bertz CT molecular complexity index is 1340. The lowest BCUT2D eigenvalue weighted by Crippen LogP contribution is -2.50. The van der Waals surface area contributed by atoms with Gasteiger partial charge in [-0.1, -0.05) is 30.3 Å². The van der Waals surface area contributed by atoms with Gasteiger partial charge >= 0.3 is 11.9 Å². The fraction of sp³-hybridized carbons (Fsp3) is 0.382. The second kappa shape index (κ2) is 16.2. The van der Waals surface area contributed by atoms with E-state index in [4.69, 9.17) is 18.9 Å². The van der Waals surface area contributed by atoms with Crippen LogP contribution in [-0.4, -0.2) is 67.4 Å². The third-order valence-electron chi connectivity index (χ3n) is 7.07. The first-order chi connectivity index (χ1) is 20.9. The molecule has 0 spiro atoms. The SMILES string of the molecule is CCOC(=O)CC1CN(C(=O)c2cc(C(=O)O)ccc2OCCCc2ccc(OCCCCOc3ccccc3)cc2)C1. The average molecular weight is 590 g/mol. The van der Waals surface area contributed by atoms with E-state index < -0.39 is 5.97 Å². The minimum absolute atomic E-state index is 0.0159. The van der Waals surface area contributed by atoms with E-state index in [1.54, 1.807) is 11.8 Å². The molecule has 0 saturated carbocycles. The number of likely N-dealkylation sites (tertiary alicyclic amines) is 1. The Labute approximate surface area is 252 Å². The van der Waals surface area contributed by atoms with Crippen molar-refractivity contribution >= 4 is 17.8 Å². The molecule has 1 N–H and O–H groups in total. The third-order valence-corrected chi connectivity index (χ3v) is 7.07. The number of para-hydroxylation sites is 1. The molecule has 0 aliphatic carbocycles. The molecule has 1 fully saturated rings. The van der Waals surface area contributed by atoms with Crippen molar-refractivity contribution in [3.63, 3.8) is 0 Å². The molecular weight excluding hydrogens is 550 g/mol. The van der Waals surface area contributed by atoms with Crippen LogP contribution in [0.1, 0.15) is 58.9 Å². The second-order valence-electron chi connectivity index (χ2n) is 10.4. The smallest absolute Gasteiger partial charge is 0.335 e. The van der Waals surface area contributed by atoms with E-state index in [0.29, 0.717) is 51.7 Å². The summed E-state index contributed by atoms with van der Waals surface area (Å²) in [5.41, 5.74) is 1.36. The minimum Gasteiger partial charge on any atom is -0.494 e. The summed E-state index contributed by atoms with van der Waals surface area (Å²) in [6.07, 6.45) is 3.55. The van der Waals surface area contributed by atoms with Gasteiger partial charge in [-0.15, -0.1) is 0 Å². The number of benzene rings is 3. The summed E-state index contributed by atoms with van der Waals surface area (Å²) in [7, 11) is 0. The van der Waals surface area contributed by atoms with Crippen LogP contribution in [0.2, 0.25) is 0 Å². The summed E-state index contributed by atoms with van der Waals surface area (Å²) in [5, 5.41) is 9.43. The first kappa shape index (κ1) is 31.4. The van der Waals surface area contributed by atoms with Gasteiger partial charge in [-0.25, -0.2) is 4.79 Å². The van der Waals surface area contributed by atoms with Crippen molar-refractivity contribution in [2.45, 2.75) is 39.0 Å². The summed E-state index contributed by atoms with van der Waals surface area (Å²) in [6.45, 7) is 4.54. The van der Waals surface area contributed by atoms with Crippen molar-refractivity contribution in [3.8, 4) is 17.2 Å². The van der Waals surface area contributed by atoms with Crippen LogP contribution < -0.4 is 14.2 Å². The van der Waals surface area contributed by atoms with E-state index in [2.05, 4.69) is 0 Å². The normalized spacial score (nSPS) is 12.7. The molecule has 0 unspecified atom stereocenters. The van der Waals surface area contributed by atoms with Gasteiger partial charge in [0.2, 0.25) is 0 Å². The molecule has 3 aromatic rings. The Kier molecular flexibility index (Phi) is 11.8. The van der Waals surface area contributed by atoms with E-state index in [0.717, 1.165) is 36.3 Å². The van der Waals surface area contributed by atoms with Crippen LogP contribution in [0.4, 0.5) is 0 Å². The maximum atomic E-state index is 13.2. The highest BCUT2D eigenvalue weighted by Gasteiger charge is 2.34. The zero-order chi connectivity index (χ0) is 30.4. The second-order valence-corrected chi connectivity index (χ2v) is 10.4. The van der Waals surface area contributed by atoms with Crippen molar-refractivity contribution in [2.75, 3.05) is 39.5 Å². The van der Waals surface area contributed by atoms with Gasteiger partial charge in [0, 0.05) is 19.0 Å². The van der Waals surface area contributed by atoms with Crippen LogP contribution in [0.25, 0.3) is 0 Å². The predicted octanol–water partition coefficient (Wildman–Crippen LogP) is 5.66. The number of carbonyl (C=O) groups is 3. The number of carbonyl (C=O) groups excluding carboxylic acids is 2. The molecule has 4 rings (SSSR count). The van der Waals surface area contributed by atoms with Gasteiger partial charge in [-0.2, -0.15) is 0 Å². The molecule has 0 bridgehead atoms. The lowest BCUT2D eigenvalue weighted by Gasteiger charge is -2.39. The molecule has 1 heterocycles. The lowest BCUT2D eigenvalue weighted by atomic mass is 9.95. The standard InChI is InChI=1S/C34H39NO8/c1-2-40-32(36)21-26-23-35(24-26)33(37)30-22-27(34(38)39)14-17-31(30)43-20-8-9-25-12-15-29(16-13-25)42-19-7-6-18-41-28-10-4-3-5-11-28/h3-5,10-17,22,26H,2,6-9,18-21,23-24H2,1H3,(H,38,39). The summed E-state index contributed by atoms with van der Waals surface area (Å²) in [5.74, 6) is 0.378. The van der Waals surface area contributed by atoms with Gasteiger partial charge in [0.05, 0.1) is 44.0 Å². The Balaban J connectivity index is 1.18. The van der Waals surface area contributed by atoms with Gasteiger partial charge in [0.1, 0.15) is 17.2 Å². The van der Waals surface area contributed by atoms with E-state index in [1.165, 1.54) is 18.2 Å². The highest BCUT2D eigenvalue weighted by Crippen LogP contribution is 2.28. The van der Waals surface area contributed by atoms with E-state index in [-0.39, 0.29) is 35.3 Å². The Morgan fingerprint density at radius 2 is 1.47 bits per heavy atom. The van der Waals surface area contributed by atoms with Gasteiger partial charge in [0.25, 0.3) is 5.91 Å². The maximum Gasteiger partial charge on any atom is 0.335 e. The molecule has 9 heteroatoms. The first-order valence-corrected chi connectivity index (χ1v) is 14.8. The number of aromatic carboxylic acids is 1. The van der Waals surface area contributed by atoms with Crippen LogP contribution in [0.3, 0.4) is 0 Å². The third kappa shape index (κ3) is 9.77. The molecule has 1 aliphatic heterocycles. The number of esters is 1. The molecule has 0 atom stereocenters. The number of hydrogen-bond donors (Lipinski definition) is 1. The number of carboxylic acid groups (broad SMARTS) is 1. The number of amides is 1. The van der Waals surface area contributed by atoms with Crippen molar-refractivity contribution in [2.24, 2.45) is 5.92 Å². The summed E-state index contributed by atoms with van der Waals surface area (Å²) in [4.78, 5) is 38.0. The van der Waals surface area contributed by atoms with Crippen LogP contribution in [-0.2, 0) is 16.0 Å². The van der Waals surface area contributed by atoms with Crippen molar-refractivity contribution in [3.05, 3.63) is 89.5 Å². The van der Waals surface area contributed by atoms with Gasteiger partial charge < -0.3 is 29.0 Å². The quantitative estimate of drug-likeness (QED) is 0.159. The number of hydrogen-bond acceptors (Lipinski definition) is 7. The van der Waals surface area contributed by atoms with E-state index in [1.807, 2.05) is 54.6 Å². The molecule has 1 aliphatic rings. The molecule has 228 valence electrons. The predicted molar refractivity (Wildman–Crippen MR) is 161 cm³/mol. The number of unbranched alkanes of at least 4 members (excludes halogenated alkanes) is 1. The Hall–Kier alpha value is -4.53. The summed E-state index contributed by atoms with van der Waals surface area (Å²) >= 11 is 0. The highest BCUT2D eigenvalue weighted by atomic mass is 16.5.